The third kappa shape index (κ3) is 3.65. The van der Waals surface area contributed by atoms with Gasteiger partial charge in [0.1, 0.15) is 6.33 Å². The average molecular weight is 478 g/mol. The number of hydrogen-bond acceptors (Lipinski definition) is 6. The minimum atomic E-state index is -4.40. The molecule has 0 saturated carbocycles. The predicted molar refractivity (Wildman–Crippen MR) is 121 cm³/mol. The molecule has 1 unspecified atom stereocenters. The number of imidazole rings is 1. The van der Waals surface area contributed by atoms with E-state index in [1.807, 2.05) is 34.4 Å². The van der Waals surface area contributed by atoms with Crippen LogP contribution in [0.5, 0.6) is 5.75 Å². The molecule has 0 saturated heterocycles. The van der Waals surface area contributed by atoms with Crippen molar-refractivity contribution in [2.75, 3.05) is 0 Å². The van der Waals surface area contributed by atoms with E-state index in [-0.39, 0.29) is 6.10 Å². The van der Waals surface area contributed by atoms with Crippen molar-refractivity contribution in [3.8, 4) is 11.4 Å². The molecule has 1 aliphatic heterocycles. The molecule has 2 aromatic carbocycles. The normalized spacial score (nSPS) is 16.0. The Balaban J connectivity index is 1.36. The van der Waals surface area contributed by atoms with E-state index in [9.17, 15) is 13.2 Å². The van der Waals surface area contributed by atoms with Gasteiger partial charge < -0.3 is 14.1 Å². The van der Waals surface area contributed by atoms with Crippen LogP contribution in [0.1, 0.15) is 23.7 Å². The van der Waals surface area contributed by atoms with Crippen molar-refractivity contribution in [1.82, 2.24) is 24.1 Å². The Hall–Kier alpha value is -4.41. The molecule has 0 N–H and O–H groups in total. The molecule has 0 aliphatic carbocycles. The molecule has 1 aliphatic rings. The van der Waals surface area contributed by atoms with E-state index in [1.165, 1.54) is 30.9 Å². The zero-order valence-electron chi connectivity index (χ0n) is 18.3. The highest BCUT2D eigenvalue weighted by Gasteiger charge is 2.30. The maximum atomic E-state index is 13.1. The maximum absolute atomic E-state index is 13.1. The van der Waals surface area contributed by atoms with Crippen LogP contribution in [0.4, 0.5) is 13.2 Å². The summed E-state index contributed by atoms with van der Waals surface area (Å²) in [5.74, 6) is 0.883. The number of halogens is 3. The lowest BCUT2D eigenvalue weighted by molar-refractivity contribution is -0.137. The number of benzene rings is 2. The highest BCUT2D eigenvalue weighted by molar-refractivity contribution is 6.06. The molecule has 11 heteroatoms. The van der Waals surface area contributed by atoms with Crippen LogP contribution in [0.25, 0.3) is 27.8 Å². The van der Waals surface area contributed by atoms with Crippen molar-refractivity contribution in [1.29, 1.82) is 0 Å². The smallest absolute Gasteiger partial charge is 0.416 e. The van der Waals surface area contributed by atoms with Crippen LogP contribution in [0, 0.1) is 0 Å². The van der Waals surface area contributed by atoms with Crippen LogP contribution in [0.2, 0.25) is 0 Å². The van der Waals surface area contributed by atoms with Gasteiger partial charge in [0.25, 0.3) is 0 Å². The number of alkyl halides is 3. The molecular formula is C24H17F3N6O2. The number of nitrogens with zero attached hydrogens (tertiary/aromatic N) is 6. The summed E-state index contributed by atoms with van der Waals surface area (Å²) in [5.41, 5.74) is 3.10. The number of oxime groups is 1. The number of ether oxygens (including phenoxy) is 1. The van der Waals surface area contributed by atoms with Gasteiger partial charge in [-0.05, 0) is 42.0 Å². The molecule has 8 nitrogen and oxygen atoms in total. The first-order chi connectivity index (χ1) is 16.9. The van der Waals surface area contributed by atoms with Gasteiger partial charge in [-0.25, -0.2) is 15.0 Å². The SMILES string of the molecule is Cn1cnc2c1c1cc(C3CC(Oc4cncnc4)=NO3)ccc1n2-c1ccc(C(F)(F)F)cc1. The Morgan fingerprint density at radius 2 is 1.83 bits per heavy atom. The van der Waals surface area contributed by atoms with Gasteiger partial charge in [0.15, 0.2) is 17.5 Å². The van der Waals surface area contributed by atoms with Crippen LogP contribution in [-0.2, 0) is 18.1 Å². The van der Waals surface area contributed by atoms with Crippen LogP contribution in [-0.4, -0.2) is 30.0 Å². The molecule has 0 amide bonds. The third-order valence-electron chi connectivity index (χ3n) is 5.89. The largest absolute Gasteiger partial charge is 0.436 e. The van der Waals surface area contributed by atoms with Crippen molar-refractivity contribution < 1.29 is 22.7 Å². The van der Waals surface area contributed by atoms with Crippen LogP contribution < -0.4 is 4.74 Å². The monoisotopic (exact) mass is 478 g/mol. The van der Waals surface area contributed by atoms with Crippen LogP contribution in [0.15, 0.2) is 72.7 Å². The van der Waals surface area contributed by atoms with E-state index in [0.29, 0.717) is 29.4 Å². The van der Waals surface area contributed by atoms with E-state index in [1.54, 1.807) is 6.33 Å². The Labute approximate surface area is 196 Å². The second kappa shape index (κ2) is 7.83. The van der Waals surface area contributed by atoms with Gasteiger partial charge in [-0.2, -0.15) is 13.2 Å². The molecular weight excluding hydrogens is 461 g/mol. The first kappa shape index (κ1) is 21.1. The van der Waals surface area contributed by atoms with E-state index >= 15 is 0 Å². The summed E-state index contributed by atoms with van der Waals surface area (Å²) in [7, 11) is 1.88. The first-order valence-corrected chi connectivity index (χ1v) is 10.7. The molecule has 3 aromatic heterocycles. The fraction of sp³-hybridized carbons (Fsp3) is 0.167. The van der Waals surface area contributed by atoms with E-state index in [4.69, 9.17) is 9.57 Å². The van der Waals surface area contributed by atoms with Gasteiger partial charge in [0.05, 0.1) is 41.7 Å². The zero-order valence-corrected chi connectivity index (χ0v) is 18.3. The van der Waals surface area contributed by atoms with E-state index in [0.717, 1.165) is 34.1 Å². The lowest BCUT2D eigenvalue weighted by Crippen LogP contribution is -2.07. The van der Waals surface area contributed by atoms with Crippen molar-refractivity contribution in [3.63, 3.8) is 0 Å². The molecule has 0 spiro atoms. The zero-order chi connectivity index (χ0) is 24.2. The van der Waals surface area contributed by atoms with E-state index < -0.39 is 11.7 Å². The summed E-state index contributed by atoms with van der Waals surface area (Å²) in [6, 6.07) is 10.9. The number of aromatic nitrogens is 5. The maximum Gasteiger partial charge on any atom is 0.416 e. The molecule has 0 fully saturated rings. The minimum Gasteiger partial charge on any atom is -0.436 e. The molecule has 6 rings (SSSR count). The molecule has 176 valence electrons. The predicted octanol–water partition coefficient (Wildman–Crippen LogP) is 5.18. The number of hydrogen-bond donors (Lipinski definition) is 0. The van der Waals surface area contributed by atoms with Gasteiger partial charge in [0.2, 0.25) is 5.90 Å². The molecule has 5 aromatic rings. The van der Waals surface area contributed by atoms with Crippen molar-refractivity contribution in [2.45, 2.75) is 18.7 Å². The standard InChI is InChI=1S/C24H17F3N6O2/c1-32-13-30-23-22(32)18-8-14(20-9-21(31-35-20)34-17-10-28-12-29-11-17)2-7-19(18)33(23)16-5-3-15(4-6-16)24(25,26)27/h2-8,10-13,20H,9H2,1H3. The average Bonchev–Trinajstić information content (AvgIpc) is 3.55. The van der Waals surface area contributed by atoms with Gasteiger partial charge in [-0.1, -0.05) is 11.2 Å². The molecule has 0 bridgehead atoms. The number of fused-ring (bicyclic) bond motifs is 3. The van der Waals surface area contributed by atoms with Crippen LogP contribution >= 0.6 is 0 Å². The summed E-state index contributed by atoms with van der Waals surface area (Å²) >= 11 is 0. The van der Waals surface area contributed by atoms with Crippen LogP contribution in [0.3, 0.4) is 0 Å². The Morgan fingerprint density at radius 3 is 2.57 bits per heavy atom. The quantitative estimate of drug-likeness (QED) is 0.357. The second-order valence-electron chi connectivity index (χ2n) is 8.14. The molecule has 0 radical (unpaired) electrons. The molecule has 35 heavy (non-hydrogen) atoms. The number of rotatable bonds is 3. The second-order valence-corrected chi connectivity index (χ2v) is 8.14. The Kier molecular flexibility index (Phi) is 4.73. The lowest BCUT2D eigenvalue weighted by atomic mass is 10.0. The molecule has 1 atom stereocenters. The fourth-order valence-corrected chi connectivity index (χ4v) is 4.27. The summed E-state index contributed by atoms with van der Waals surface area (Å²) in [5, 5.41) is 4.94. The van der Waals surface area contributed by atoms with Gasteiger partial charge in [0, 0.05) is 18.1 Å². The van der Waals surface area contributed by atoms with Gasteiger partial charge in [-0.15, -0.1) is 0 Å². The minimum absolute atomic E-state index is 0.350. The highest BCUT2D eigenvalue weighted by atomic mass is 19.4. The summed E-state index contributed by atoms with van der Waals surface area (Å²) in [6.45, 7) is 0. The third-order valence-corrected chi connectivity index (χ3v) is 5.89. The lowest BCUT2D eigenvalue weighted by Gasteiger charge is -2.11. The van der Waals surface area contributed by atoms with Crippen molar-refractivity contribution in [2.24, 2.45) is 12.2 Å². The summed E-state index contributed by atoms with van der Waals surface area (Å²) in [4.78, 5) is 18.0. The fourth-order valence-electron chi connectivity index (χ4n) is 4.27. The Bertz CT molecular complexity index is 1570. The topological polar surface area (TPSA) is 79.3 Å². The Morgan fingerprint density at radius 1 is 1.06 bits per heavy atom. The van der Waals surface area contributed by atoms with Crippen molar-refractivity contribution >= 4 is 28.0 Å². The first-order valence-electron chi connectivity index (χ1n) is 10.7. The highest BCUT2D eigenvalue weighted by Crippen LogP contribution is 2.36. The number of aryl methyl sites for hydroxylation is 1. The van der Waals surface area contributed by atoms with Crippen molar-refractivity contribution in [3.05, 3.63) is 78.6 Å². The summed E-state index contributed by atoms with van der Waals surface area (Å²) in [6.07, 6.45) is 1.85. The van der Waals surface area contributed by atoms with E-state index in [2.05, 4.69) is 20.1 Å². The summed E-state index contributed by atoms with van der Waals surface area (Å²) < 4.78 is 48.6. The molecule has 4 heterocycles. The van der Waals surface area contributed by atoms with Gasteiger partial charge in [-0.3, -0.25) is 4.57 Å². The van der Waals surface area contributed by atoms with Gasteiger partial charge >= 0.3 is 6.18 Å².